The van der Waals surface area contributed by atoms with E-state index in [1.807, 2.05) is 0 Å². The maximum atomic E-state index is 12.2. The molecule has 1 heterocycles. The van der Waals surface area contributed by atoms with Crippen molar-refractivity contribution in [2.45, 2.75) is 17.2 Å². The van der Waals surface area contributed by atoms with Crippen LogP contribution in [-0.4, -0.2) is 50.1 Å². The fourth-order valence-electron chi connectivity index (χ4n) is 3.20. The van der Waals surface area contributed by atoms with Crippen LogP contribution in [0.25, 0.3) is 0 Å². The molecule has 1 aliphatic rings. The van der Waals surface area contributed by atoms with Crippen molar-refractivity contribution in [3.05, 3.63) is 52.0 Å². The summed E-state index contributed by atoms with van der Waals surface area (Å²) in [6.07, 6.45) is 0.631. The lowest BCUT2D eigenvalue weighted by Crippen LogP contribution is -2.23. The average Bonchev–Trinajstić information content (AvgIpc) is 2.82. The smallest absolute Gasteiger partial charge is 0.242 e. The number of benzene rings is 2. The van der Waals surface area contributed by atoms with Crippen LogP contribution >= 0.6 is 28.6 Å². The number of hydrogen-bond donors (Lipinski definition) is 3. The second kappa shape index (κ2) is 8.36. The summed E-state index contributed by atoms with van der Waals surface area (Å²) in [6.45, 7) is 1.31. The van der Waals surface area contributed by atoms with Crippen LogP contribution in [0.2, 0.25) is 5.02 Å². The molecule has 0 aliphatic carbocycles. The third kappa shape index (κ3) is 4.09. The fraction of sp³-hybridized carbons (Fsp3) is 0.333. The Morgan fingerprint density at radius 2 is 1.81 bits per heavy atom. The third-order valence-electron chi connectivity index (χ3n) is 4.69. The van der Waals surface area contributed by atoms with Gasteiger partial charge in [-0.05, 0) is 47.9 Å². The third-order valence-corrected chi connectivity index (χ3v) is 6.93. The maximum absolute atomic E-state index is 12.2. The maximum Gasteiger partial charge on any atom is 0.242 e. The monoisotopic (exact) mass is 476 g/mol. The zero-order valence-corrected chi connectivity index (χ0v) is 18.2. The molecular weight excluding hydrogens is 456 g/mol. The molecule has 1 unspecified atom stereocenters. The predicted molar refractivity (Wildman–Crippen MR) is 111 cm³/mol. The van der Waals surface area contributed by atoms with Gasteiger partial charge in [0.05, 0.1) is 9.92 Å². The molecule has 148 valence electrons. The number of halogens is 2. The van der Waals surface area contributed by atoms with Crippen molar-refractivity contribution in [1.29, 1.82) is 0 Å². The summed E-state index contributed by atoms with van der Waals surface area (Å²) in [5.41, 5.74) is 2.53. The SMILES string of the molecule is Br.CN(C)S(=O)(=O)c1ccc(C2CNCCc3c2cc(O)c(O)c3Cl)cc1. The first-order valence-electron chi connectivity index (χ1n) is 8.20. The molecule has 1 atom stereocenters. The molecule has 0 bridgehead atoms. The molecule has 0 fully saturated rings. The van der Waals surface area contributed by atoms with Crippen LogP contribution in [0, 0.1) is 0 Å². The Bertz CT molecular complexity index is 933. The molecular formula is C18H22BrClN2O4S. The Labute approximate surface area is 174 Å². The Kier molecular flexibility index (Phi) is 6.81. The summed E-state index contributed by atoms with van der Waals surface area (Å²) >= 11 is 6.24. The Morgan fingerprint density at radius 3 is 2.41 bits per heavy atom. The van der Waals surface area contributed by atoms with Gasteiger partial charge in [-0.1, -0.05) is 23.7 Å². The number of sulfonamides is 1. The van der Waals surface area contributed by atoms with E-state index in [1.54, 1.807) is 30.3 Å². The van der Waals surface area contributed by atoms with E-state index < -0.39 is 10.0 Å². The molecule has 0 saturated carbocycles. The molecule has 0 aromatic heterocycles. The summed E-state index contributed by atoms with van der Waals surface area (Å²) in [4.78, 5) is 0.222. The van der Waals surface area contributed by atoms with E-state index in [0.717, 1.165) is 16.7 Å². The van der Waals surface area contributed by atoms with E-state index in [0.29, 0.717) is 19.5 Å². The molecule has 9 heteroatoms. The molecule has 0 saturated heterocycles. The largest absolute Gasteiger partial charge is 0.504 e. The Morgan fingerprint density at radius 1 is 1.19 bits per heavy atom. The van der Waals surface area contributed by atoms with Gasteiger partial charge in [-0.2, -0.15) is 0 Å². The van der Waals surface area contributed by atoms with Crippen molar-refractivity contribution < 1.29 is 18.6 Å². The van der Waals surface area contributed by atoms with E-state index in [1.165, 1.54) is 18.4 Å². The van der Waals surface area contributed by atoms with Crippen molar-refractivity contribution >= 4 is 38.6 Å². The van der Waals surface area contributed by atoms with Gasteiger partial charge >= 0.3 is 0 Å². The molecule has 3 N–H and O–H groups in total. The van der Waals surface area contributed by atoms with Gasteiger partial charge in [-0.25, -0.2) is 12.7 Å². The normalized spacial score (nSPS) is 17.1. The number of aromatic hydroxyl groups is 2. The minimum Gasteiger partial charge on any atom is -0.504 e. The molecule has 1 aliphatic heterocycles. The van der Waals surface area contributed by atoms with Crippen LogP contribution in [-0.2, 0) is 16.4 Å². The second-order valence-corrected chi connectivity index (χ2v) is 9.02. The highest BCUT2D eigenvalue weighted by molar-refractivity contribution is 8.93. The Hall–Kier alpha value is -1.32. The molecule has 0 amide bonds. The lowest BCUT2D eigenvalue weighted by atomic mass is 9.87. The molecule has 2 aromatic rings. The molecule has 0 radical (unpaired) electrons. The first-order chi connectivity index (χ1) is 12.2. The molecule has 6 nitrogen and oxygen atoms in total. The van der Waals surface area contributed by atoms with Gasteiger partial charge in [0.2, 0.25) is 10.0 Å². The van der Waals surface area contributed by atoms with Crippen molar-refractivity contribution in [1.82, 2.24) is 9.62 Å². The van der Waals surface area contributed by atoms with Crippen LogP contribution in [0.3, 0.4) is 0 Å². The minimum absolute atomic E-state index is 0. The predicted octanol–water partition coefficient (Wildman–Crippen LogP) is 2.86. The Balaban J connectivity index is 0.00000261. The van der Waals surface area contributed by atoms with E-state index in [4.69, 9.17) is 11.6 Å². The van der Waals surface area contributed by atoms with Crippen molar-refractivity contribution in [3.63, 3.8) is 0 Å². The summed E-state index contributed by atoms with van der Waals surface area (Å²) in [6, 6.07) is 8.25. The number of hydrogen-bond acceptors (Lipinski definition) is 5. The van der Waals surface area contributed by atoms with Crippen LogP contribution in [0.5, 0.6) is 11.5 Å². The molecule has 3 rings (SSSR count). The zero-order chi connectivity index (χ0) is 19.1. The van der Waals surface area contributed by atoms with Crippen molar-refractivity contribution in [2.75, 3.05) is 27.2 Å². The lowest BCUT2D eigenvalue weighted by molar-refractivity contribution is 0.402. The first kappa shape index (κ1) is 22.0. The number of phenolic OH excluding ortho intramolecular Hbond substituents is 2. The average molecular weight is 478 g/mol. The second-order valence-electron chi connectivity index (χ2n) is 6.49. The van der Waals surface area contributed by atoms with E-state index in [-0.39, 0.29) is 44.3 Å². The summed E-state index contributed by atoms with van der Waals surface area (Å²) in [7, 11) is -0.504. The number of rotatable bonds is 3. The van der Waals surface area contributed by atoms with Gasteiger partial charge in [-0.15, -0.1) is 17.0 Å². The van der Waals surface area contributed by atoms with Gasteiger partial charge in [0.1, 0.15) is 0 Å². The van der Waals surface area contributed by atoms with E-state index in [2.05, 4.69) is 5.32 Å². The topological polar surface area (TPSA) is 89.9 Å². The summed E-state index contributed by atoms with van der Waals surface area (Å²) in [5, 5.41) is 23.4. The van der Waals surface area contributed by atoms with Crippen molar-refractivity contribution in [2.24, 2.45) is 0 Å². The van der Waals surface area contributed by atoms with E-state index >= 15 is 0 Å². The minimum atomic E-state index is -3.49. The molecule has 2 aromatic carbocycles. The lowest BCUT2D eigenvalue weighted by Gasteiger charge is -2.20. The fourth-order valence-corrected chi connectivity index (χ4v) is 4.40. The summed E-state index contributed by atoms with van der Waals surface area (Å²) in [5.74, 6) is -0.682. The number of nitrogens with zero attached hydrogens (tertiary/aromatic N) is 1. The highest BCUT2D eigenvalue weighted by Gasteiger charge is 2.26. The van der Waals surface area contributed by atoms with Crippen LogP contribution in [0.1, 0.15) is 22.6 Å². The first-order valence-corrected chi connectivity index (χ1v) is 10.0. The number of fused-ring (bicyclic) bond motifs is 1. The number of nitrogens with one attached hydrogen (secondary N) is 1. The van der Waals surface area contributed by atoms with Gasteiger partial charge in [0, 0.05) is 26.6 Å². The van der Waals surface area contributed by atoms with Crippen molar-refractivity contribution in [3.8, 4) is 11.5 Å². The molecule has 27 heavy (non-hydrogen) atoms. The molecule has 0 spiro atoms. The van der Waals surface area contributed by atoms with Gasteiger partial charge in [-0.3, -0.25) is 0 Å². The zero-order valence-electron chi connectivity index (χ0n) is 14.9. The summed E-state index contributed by atoms with van der Waals surface area (Å²) < 4.78 is 25.6. The van der Waals surface area contributed by atoms with Gasteiger partial charge in [0.25, 0.3) is 0 Å². The quantitative estimate of drug-likeness (QED) is 0.592. The van der Waals surface area contributed by atoms with Crippen LogP contribution in [0.4, 0.5) is 0 Å². The van der Waals surface area contributed by atoms with E-state index in [9.17, 15) is 18.6 Å². The highest BCUT2D eigenvalue weighted by atomic mass is 79.9. The van der Waals surface area contributed by atoms with Crippen LogP contribution in [0.15, 0.2) is 35.2 Å². The highest BCUT2D eigenvalue weighted by Crippen LogP contribution is 2.42. The van der Waals surface area contributed by atoms with Gasteiger partial charge < -0.3 is 15.5 Å². The standard InChI is InChI=1S/C18H21ClN2O4S.BrH/c1-21(2)26(24,25)12-5-3-11(4-6-12)15-10-20-8-7-13-14(15)9-16(22)18(23)17(13)19;/h3-6,9,15,20,22-23H,7-8,10H2,1-2H3;1H. The number of phenols is 2. The van der Waals surface area contributed by atoms with Crippen LogP contribution < -0.4 is 5.32 Å². The van der Waals surface area contributed by atoms with Gasteiger partial charge in [0.15, 0.2) is 11.5 Å².